The van der Waals surface area contributed by atoms with Crippen LogP contribution in [0.5, 0.6) is 0 Å². The third-order valence-corrected chi connectivity index (χ3v) is 3.25. The number of carbonyl (C=O) groups is 1. The first kappa shape index (κ1) is 9.52. The fourth-order valence-corrected chi connectivity index (χ4v) is 1.95. The molecular weight excluding hydrogens is 244 g/mol. The van der Waals surface area contributed by atoms with Gasteiger partial charge >= 0.3 is 6.03 Å². The monoisotopic (exact) mass is 254 g/mol. The summed E-state index contributed by atoms with van der Waals surface area (Å²) in [5.74, 6) is 0. The van der Waals surface area contributed by atoms with Crippen LogP contribution in [-0.4, -0.2) is 19.1 Å². The quantitative estimate of drug-likeness (QED) is 0.820. The van der Waals surface area contributed by atoms with E-state index in [4.69, 9.17) is 0 Å². The Morgan fingerprint density at radius 2 is 2.29 bits per heavy atom. The molecule has 2 rings (SSSR count). The van der Waals surface area contributed by atoms with E-state index in [1.54, 1.807) is 4.90 Å². The van der Waals surface area contributed by atoms with E-state index < -0.39 is 0 Å². The highest BCUT2D eigenvalue weighted by Crippen LogP contribution is 2.27. The van der Waals surface area contributed by atoms with Crippen molar-refractivity contribution in [3.05, 3.63) is 28.2 Å². The van der Waals surface area contributed by atoms with Crippen LogP contribution >= 0.6 is 15.9 Å². The van der Waals surface area contributed by atoms with Crippen molar-refractivity contribution in [2.45, 2.75) is 6.92 Å². The predicted molar refractivity (Wildman–Crippen MR) is 59.6 cm³/mol. The summed E-state index contributed by atoms with van der Waals surface area (Å²) in [6.45, 7) is 3.48. The Bertz CT molecular complexity index is 378. The van der Waals surface area contributed by atoms with Crippen LogP contribution in [-0.2, 0) is 0 Å². The summed E-state index contributed by atoms with van der Waals surface area (Å²) in [6.07, 6.45) is 0. The fourth-order valence-electron chi connectivity index (χ4n) is 1.59. The van der Waals surface area contributed by atoms with Crippen LogP contribution in [0.4, 0.5) is 10.5 Å². The topological polar surface area (TPSA) is 32.3 Å². The van der Waals surface area contributed by atoms with E-state index in [9.17, 15) is 4.79 Å². The van der Waals surface area contributed by atoms with E-state index in [0.29, 0.717) is 0 Å². The molecule has 4 heteroatoms. The number of nitrogens with zero attached hydrogens (tertiary/aromatic N) is 1. The number of urea groups is 1. The van der Waals surface area contributed by atoms with Gasteiger partial charge in [-0.05, 0) is 24.6 Å². The molecule has 0 spiro atoms. The molecule has 0 atom stereocenters. The highest BCUT2D eigenvalue weighted by molar-refractivity contribution is 9.10. The average Bonchev–Trinajstić information content (AvgIpc) is 2.57. The fraction of sp³-hybridized carbons (Fsp3) is 0.300. The Morgan fingerprint density at radius 3 is 2.93 bits per heavy atom. The van der Waals surface area contributed by atoms with Crippen molar-refractivity contribution in [1.82, 2.24) is 5.32 Å². The van der Waals surface area contributed by atoms with Gasteiger partial charge in [-0.2, -0.15) is 0 Å². The summed E-state index contributed by atoms with van der Waals surface area (Å²) in [5.41, 5.74) is 2.08. The third-order valence-electron chi connectivity index (χ3n) is 2.39. The zero-order chi connectivity index (χ0) is 10.1. The molecule has 0 radical (unpaired) electrons. The molecule has 0 unspecified atom stereocenters. The zero-order valence-electron chi connectivity index (χ0n) is 7.88. The van der Waals surface area contributed by atoms with Crippen molar-refractivity contribution in [2.24, 2.45) is 0 Å². The number of nitrogens with one attached hydrogen (secondary N) is 1. The number of benzene rings is 1. The molecule has 1 aromatic rings. The number of hydrogen-bond acceptors (Lipinski definition) is 1. The van der Waals surface area contributed by atoms with Crippen LogP contribution in [0.2, 0.25) is 0 Å². The summed E-state index contributed by atoms with van der Waals surface area (Å²) in [5, 5.41) is 2.79. The molecule has 3 nitrogen and oxygen atoms in total. The van der Waals surface area contributed by atoms with Crippen LogP contribution in [0.15, 0.2) is 22.7 Å². The van der Waals surface area contributed by atoms with Crippen LogP contribution in [0.3, 0.4) is 0 Å². The molecule has 0 aromatic heterocycles. The Kier molecular flexibility index (Phi) is 2.46. The molecule has 1 aliphatic rings. The van der Waals surface area contributed by atoms with Crippen molar-refractivity contribution in [3.8, 4) is 0 Å². The lowest BCUT2D eigenvalue weighted by molar-refractivity contribution is 0.252. The Hall–Kier alpha value is -1.03. The number of rotatable bonds is 1. The predicted octanol–water partition coefficient (Wildman–Crippen LogP) is 2.29. The van der Waals surface area contributed by atoms with Gasteiger partial charge < -0.3 is 5.32 Å². The Morgan fingerprint density at radius 1 is 1.50 bits per heavy atom. The number of halogens is 1. The van der Waals surface area contributed by atoms with E-state index in [1.165, 1.54) is 0 Å². The van der Waals surface area contributed by atoms with Crippen LogP contribution in [0, 0.1) is 6.92 Å². The molecule has 0 saturated carbocycles. The van der Waals surface area contributed by atoms with Gasteiger partial charge in [0.2, 0.25) is 0 Å². The van der Waals surface area contributed by atoms with Gasteiger partial charge in [0.15, 0.2) is 0 Å². The van der Waals surface area contributed by atoms with Gasteiger partial charge in [0.25, 0.3) is 0 Å². The Balaban J connectivity index is 2.41. The van der Waals surface area contributed by atoms with Gasteiger partial charge in [-0.3, -0.25) is 4.90 Å². The molecular formula is C10H11BrN2O. The largest absolute Gasteiger partial charge is 0.336 e. The molecule has 1 saturated heterocycles. The maximum atomic E-state index is 11.4. The van der Waals surface area contributed by atoms with E-state index in [1.807, 2.05) is 25.1 Å². The molecule has 1 aromatic carbocycles. The van der Waals surface area contributed by atoms with Crippen LogP contribution < -0.4 is 10.2 Å². The average molecular weight is 255 g/mol. The molecule has 1 aliphatic heterocycles. The van der Waals surface area contributed by atoms with Gasteiger partial charge in [0.05, 0.1) is 0 Å². The number of hydrogen-bond donors (Lipinski definition) is 1. The first-order chi connectivity index (χ1) is 6.70. The van der Waals surface area contributed by atoms with Crippen molar-refractivity contribution in [3.63, 3.8) is 0 Å². The second kappa shape index (κ2) is 3.61. The van der Waals surface area contributed by atoms with Gasteiger partial charge in [0.1, 0.15) is 0 Å². The van der Waals surface area contributed by atoms with Crippen molar-refractivity contribution in [2.75, 3.05) is 18.0 Å². The van der Waals surface area contributed by atoms with Crippen molar-refractivity contribution < 1.29 is 4.79 Å². The van der Waals surface area contributed by atoms with E-state index >= 15 is 0 Å². The van der Waals surface area contributed by atoms with Gasteiger partial charge in [-0.1, -0.05) is 22.0 Å². The maximum absolute atomic E-state index is 11.4. The SMILES string of the molecule is Cc1c(Br)cccc1N1CCNC1=O. The summed E-state index contributed by atoms with van der Waals surface area (Å²) in [4.78, 5) is 13.2. The smallest absolute Gasteiger partial charge is 0.322 e. The lowest BCUT2D eigenvalue weighted by Gasteiger charge is -2.17. The van der Waals surface area contributed by atoms with Gasteiger partial charge in [-0.15, -0.1) is 0 Å². The van der Waals surface area contributed by atoms with Gasteiger partial charge in [-0.25, -0.2) is 4.79 Å². The minimum atomic E-state index is -0.00815. The lowest BCUT2D eigenvalue weighted by atomic mass is 10.2. The molecule has 74 valence electrons. The van der Waals surface area contributed by atoms with Crippen LogP contribution in [0.1, 0.15) is 5.56 Å². The number of anilines is 1. The van der Waals surface area contributed by atoms with Crippen molar-refractivity contribution in [1.29, 1.82) is 0 Å². The Labute approximate surface area is 91.2 Å². The molecule has 0 aliphatic carbocycles. The molecule has 0 bridgehead atoms. The molecule has 1 heterocycles. The minimum Gasteiger partial charge on any atom is -0.336 e. The first-order valence-corrected chi connectivity index (χ1v) is 5.30. The summed E-state index contributed by atoms with van der Waals surface area (Å²) in [7, 11) is 0. The molecule has 1 fully saturated rings. The normalized spacial score (nSPS) is 15.9. The summed E-state index contributed by atoms with van der Waals surface area (Å²) >= 11 is 3.45. The standard InChI is InChI=1S/C10H11BrN2O/c1-7-8(11)3-2-4-9(7)13-6-5-12-10(13)14/h2-4H,5-6H2,1H3,(H,12,14). The van der Waals surface area contributed by atoms with Crippen molar-refractivity contribution >= 4 is 27.6 Å². The lowest BCUT2D eigenvalue weighted by Crippen LogP contribution is -2.28. The third kappa shape index (κ3) is 1.50. The highest BCUT2D eigenvalue weighted by Gasteiger charge is 2.22. The summed E-state index contributed by atoms with van der Waals surface area (Å²) < 4.78 is 1.04. The first-order valence-electron chi connectivity index (χ1n) is 4.50. The zero-order valence-corrected chi connectivity index (χ0v) is 9.47. The molecule has 14 heavy (non-hydrogen) atoms. The number of carbonyl (C=O) groups excluding carboxylic acids is 1. The molecule has 2 amide bonds. The van der Waals surface area contributed by atoms with Gasteiger partial charge in [0, 0.05) is 23.2 Å². The summed E-state index contributed by atoms with van der Waals surface area (Å²) in [6, 6.07) is 5.88. The highest BCUT2D eigenvalue weighted by atomic mass is 79.9. The molecule has 1 N–H and O–H groups in total. The maximum Gasteiger partial charge on any atom is 0.322 e. The van der Waals surface area contributed by atoms with E-state index in [0.717, 1.165) is 28.8 Å². The van der Waals surface area contributed by atoms with E-state index in [-0.39, 0.29) is 6.03 Å². The van der Waals surface area contributed by atoms with E-state index in [2.05, 4.69) is 21.2 Å². The van der Waals surface area contributed by atoms with Crippen LogP contribution in [0.25, 0.3) is 0 Å². The second-order valence-corrected chi connectivity index (χ2v) is 4.12. The minimum absolute atomic E-state index is 0.00815. The number of amides is 2. The second-order valence-electron chi connectivity index (χ2n) is 3.27.